The molecule has 2 aromatic heterocycles. The second kappa shape index (κ2) is 8.66. The Bertz CT molecular complexity index is 1550. The number of benzene rings is 2. The minimum absolute atomic E-state index is 0.118. The van der Waals surface area contributed by atoms with E-state index in [1.165, 1.54) is 12.0 Å². The maximum atomic E-state index is 13.2. The predicted octanol–water partition coefficient (Wildman–Crippen LogP) is 3.14. The number of imide groups is 1. The quantitative estimate of drug-likeness (QED) is 0.335. The van der Waals surface area contributed by atoms with Crippen LogP contribution < -0.4 is 20.7 Å². The number of anilines is 1. The molecule has 2 aliphatic heterocycles. The van der Waals surface area contributed by atoms with E-state index in [0.29, 0.717) is 29.0 Å². The van der Waals surface area contributed by atoms with Crippen LogP contribution in [0.15, 0.2) is 71.3 Å². The number of urea groups is 1. The Labute approximate surface area is 211 Å². The highest BCUT2D eigenvalue weighted by Crippen LogP contribution is 2.36. The van der Waals surface area contributed by atoms with Gasteiger partial charge in [-0.2, -0.15) is 0 Å². The number of hydrogen-bond acceptors (Lipinski definition) is 7. The normalized spacial score (nSPS) is 18.6. The number of rotatable bonds is 7. The summed E-state index contributed by atoms with van der Waals surface area (Å²) in [6.45, 7) is 0.741. The van der Waals surface area contributed by atoms with Crippen LogP contribution in [0, 0.1) is 0 Å². The number of aromatic nitrogens is 1. The average molecular weight is 498 g/mol. The number of furan rings is 1. The van der Waals surface area contributed by atoms with Crippen molar-refractivity contribution < 1.29 is 23.5 Å². The van der Waals surface area contributed by atoms with Gasteiger partial charge in [-0.05, 0) is 35.4 Å². The molecule has 1 saturated heterocycles. The molecular weight excluding hydrogens is 474 g/mol. The van der Waals surface area contributed by atoms with Gasteiger partial charge in [0.05, 0.1) is 19.0 Å². The molecule has 3 N–H and O–H groups in total. The van der Waals surface area contributed by atoms with Gasteiger partial charge in [0.15, 0.2) is 5.54 Å². The van der Waals surface area contributed by atoms with Crippen LogP contribution >= 0.6 is 0 Å². The number of methoxy groups -OCH3 is 1. The lowest BCUT2D eigenvalue weighted by molar-refractivity contribution is -0.125. The fourth-order valence-electron chi connectivity index (χ4n) is 4.83. The molecule has 0 saturated carbocycles. The molecule has 10 heteroatoms. The van der Waals surface area contributed by atoms with Crippen LogP contribution in [-0.4, -0.2) is 41.4 Å². The van der Waals surface area contributed by atoms with Crippen molar-refractivity contribution in [2.45, 2.75) is 18.6 Å². The van der Waals surface area contributed by atoms with Crippen molar-refractivity contribution in [3.8, 4) is 5.75 Å². The third kappa shape index (κ3) is 3.83. The van der Waals surface area contributed by atoms with E-state index in [1.807, 2.05) is 42.5 Å². The van der Waals surface area contributed by atoms with E-state index in [0.717, 1.165) is 16.8 Å². The number of pyridine rings is 1. The molecule has 37 heavy (non-hydrogen) atoms. The smallest absolute Gasteiger partial charge is 0.322 e. The molecule has 1 atom stereocenters. The lowest BCUT2D eigenvalue weighted by Crippen LogP contribution is -2.52. The minimum Gasteiger partial charge on any atom is -0.497 e. The topological polar surface area (TPSA) is 126 Å². The fourth-order valence-corrected chi connectivity index (χ4v) is 4.83. The van der Waals surface area contributed by atoms with Crippen LogP contribution in [0.1, 0.15) is 27.2 Å². The molecule has 4 amide bonds. The van der Waals surface area contributed by atoms with E-state index in [4.69, 9.17) is 9.15 Å². The molecular formula is C27H23N5O5. The Balaban J connectivity index is 1.34. The van der Waals surface area contributed by atoms with Crippen molar-refractivity contribution in [3.05, 3.63) is 89.3 Å². The Kier molecular flexibility index (Phi) is 5.29. The summed E-state index contributed by atoms with van der Waals surface area (Å²) >= 11 is 0. The maximum absolute atomic E-state index is 13.2. The zero-order chi connectivity index (χ0) is 25.6. The first kappa shape index (κ1) is 22.6. The second-order valence-corrected chi connectivity index (χ2v) is 9.03. The zero-order valence-corrected chi connectivity index (χ0v) is 19.9. The lowest BCUT2D eigenvalue weighted by atomic mass is 9.95. The van der Waals surface area contributed by atoms with E-state index in [-0.39, 0.29) is 24.8 Å². The SMILES string of the molecule is COc1ccc2c(c1)C(=O)N(CC1(c3cc4c(NCc5ccccc5)ccnc4o3)NC(=O)NC1=O)C2. The zero-order valence-electron chi connectivity index (χ0n) is 19.9. The fraction of sp³-hybridized carbons (Fsp3) is 0.185. The van der Waals surface area contributed by atoms with E-state index in [2.05, 4.69) is 20.9 Å². The minimum atomic E-state index is -1.61. The first-order valence-corrected chi connectivity index (χ1v) is 11.7. The third-order valence-electron chi connectivity index (χ3n) is 6.75. The highest BCUT2D eigenvalue weighted by molar-refractivity contribution is 6.08. The van der Waals surface area contributed by atoms with E-state index < -0.39 is 17.5 Å². The van der Waals surface area contributed by atoms with Gasteiger partial charge in [-0.15, -0.1) is 0 Å². The summed E-state index contributed by atoms with van der Waals surface area (Å²) in [6, 6.07) is 18.0. The van der Waals surface area contributed by atoms with Gasteiger partial charge in [-0.3, -0.25) is 14.9 Å². The van der Waals surface area contributed by atoms with Gasteiger partial charge in [0, 0.05) is 30.5 Å². The standard InChI is InChI=1S/C27H23N5O5/c1-36-18-8-7-17-14-32(24(33)19(17)11-18)15-27(25(34)30-26(35)31-27)22-12-20-21(9-10-28-23(20)37-22)29-13-16-5-3-2-4-6-16/h2-12H,13-15H2,1H3,(H,28,29)(H2,30,31,34,35). The predicted molar refractivity (Wildman–Crippen MR) is 134 cm³/mol. The Morgan fingerprint density at radius 2 is 1.95 bits per heavy atom. The molecule has 1 unspecified atom stereocenters. The van der Waals surface area contributed by atoms with E-state index >= 15 is 0 Å². The van der Waals surface area contributed by atoms with E-state index in [9.17, 15) is 14.4 Å². The van der Waals surface area contributed by atoms with Gasteiger partial charge < -0.3 is 24.7 Å². The molecule has 0 bridgehead atoms. The van der Waals surface area contributed by atoms with Crippen molar-refractivity contribution in [2.24, 2.45) is 0 Å². The number of ether oxygens (including phenoxy) is 1. The molecule has 10 nitrogen and oxygen atoms in total. The van der Waals surface area contributed by atoms with Crippen molar-refractivity contribution in [2.75, 3.05) is 19.0 Å². The molecule has 2 aromatic carbocycles. The van der Waals surface area contributed by atoms with Gasteiger partial charge >= 0.3 is 6.03 Å². The average Bonchev–Trinajstić information content (AvgIpc) is 3.57. The molecule has 4 heterocycles. The van der Waals surface area contributed by atoms with E-state index in [1.54, 1.807) is 24.4 Å². The molecule has 0 aliphatic carbocycles. The summed E-state index contributed by atoms with van der Waals surface area (Å²) in [7, 11) is 1.53. The van der Waals surface area contributed by atoms with Crippen LogP contribution in [-0.2, 0) is 23.4 Å². The largest absolute Gasteiger partial charge is 0.497 e. The number of carbonyl (C=O) groups excluding carboxylic acids is 3. The number of nitrogens with one attached hydrogen (secondary N) is 3. The van der Waals surface area contributed by atoms with Crippen LogP contribution in [0.2, 0.25) is 0 Å². The summed E-state index contributed by atoms with van der Waals surface area (Å²) < 4.78 is 11.3. The van der Waals surface area contributed by atoms with Crippen LogP contribution in [0.4, 0.5) is 10.5 Å². The summed E-state index contributed by atoms with van der Waals surface area (Å²) in [4.78, 5) is 44.6. The summed E-state index contributed by atoms with van der Waals surface area (Å²) in [6.07, 6.45) is 1.61. The van der Waals surface area contributed by atoms with Crippen LogP contribution in [0.5, 0.6) is 5.75 Å². The number of fused-ring (bicyclic) bond motifs is 2. The summed E-state index contributed by atoms with van der Waals surface area (Å²) in [5, 5.41) is 9.04. The third-order valence-corrected chi connectivity index (χ3v) is 6.75. The Hall–Kier alpha value is -4.86. The molecule has 2 aliphatic rings. The van der Waals surface area contributed by atoms with Crippen molar-refractivity contribution in [1.29, 1.82) is 0 Å². The second-order valence-electron chi connectivity index (χ2n) is 9.03. The number of hydrogen-bond donors (Lipinski definition) is 3. The highest BCUT2D eigenvalue weighted by atomic mass is 16.5. The monoisotopic (exact) mass is 497 g/mol. The number of amides is 4. The Morgan fingerprint density at radius 1 is 1.11 bits per heavy atom. The van der Waals surface area contributed by atoms with Crippen LogP contribution in [0.25, 0.3) is 11.1 Å². The molecule has 186 valence electrons. The number of nitrogens with zero attached hydrogens (tertiary/aromatic N) is 2. The van der Waals surface area contributed by atoms with Gasteiger partial charge in [0.25, 0.3) is 11.8 Å². The van der Waals surface area contributed by atoms with Gasteiger partial charge in [0.2, 0.25) is 5.71 Å². The first-order valence-electron chi connectivity index (χ1n) is 11.7. The van der Waals surface area contributed by atoms with Gasteiger partial charge in [-0.1, -0.05) is 36.4 Å². The highest BCUT2D eigenvalue weighted by Gasteiger charge is 2.53. The van der Waals surface area contributed by atoms with Crippen molar-refractivity contribution in [3.63, 3.8) is 0 Å². The number of carbonyl (C=O) groups is 3. The Morgan fingerprint density at radius 3 is 2.70 bits per heavy atom. The van der Waals surface area contributed by atoms with Crippen molar-refractivity contribution in [1.82, 2.24) is 20.5 Å². The molecule has 0 radical (unpaired) electrons. The molecule has 0 spiro atoms. The molecule has 6 rings (SSSR count). The maximum Gasteiger partial charge on any atom is 0.322 e. The molecule has 1 fully saturated rings. The van der Waals surface area contributed by atoms with Crippen LogP contribution in [0.3, 0.4) is 0 Å². The van der Waals surface area contributed by atoms with Gasteiger partial charge in [0.1, 0.15) is 11.5 Å². The summed E-state index contributed by atoms with van der Waals surface area (Å²) in [5.74, 6) is -0.110. The lowest BCUT2D eigenvalue weighted by Gasteiger charge is -2.28. The first-order chi connectivity index (χ1) is 18.0. The molecule has 4 aromatic rings. The van der Waals surface area contributed by atoms with Gasteiger partial charge in [-0.25, -0.2) is 9.78 Å². The van der Waals surface area contributed by atoms with Crippen molar-refractivity contribution >= 4 is 34.6 Å². The summed E-state index contributed by atoms with van der Waals surface area (Å²) in [5.41, 5.74) is 1.86.